The summed E-state index contributed by atoms with van der Waals surface area (Å²) in [6.45, 7) is 0. The number of hydrogen-bond acceptors (Lipinski definition) is 3. The Bertz CT molecular complexity index is 329. The van der Waals surface area contributed by atoms with Gasteiger partial charge < -0.3 is 10.6 Å². The summed E-state index contributed by atoms with van der Waals surface area (Å²) >= 11 is 4.73. The Hall–Kier alpha value is -1.23. The highest BCUT2D eigenvalue weighted by atomic mass is 32.1. The second kappa shape index (κ2) is 3.16. The summed E-state index contributed by atoms with van der Waals surface area (Å²) in [6.07, 6.45) is 5.64. The molecule has 1 spiro atoms. The van der Waals surface area contributed by atoms with E-state index in [2.05, 4.69) is 10.6 Å². The Morgan fingerprint density at radius 3 is 2.36 bits per heavy atom. The lowest BCUT2D eigenvalue weighted by Crippen LogP contribution is -2.62. The van der Waals surface area contributed by atoms with Gasteiger partial charge in [-0.1, -0.05) is 12.2 Å². The first kappa shape index (κ1) is 9.33. The first-order valence-electron chi connectivity index (χ1n) is 4.47. The zero-order valence-corrected chi connectivity index (χ0v) is 8.32. The van der Waals surface area contributed by atoms with E-state index in [1.54, 1.807) is 0 Å². The van der Waals surface area contributed by atoms with E-state index in [1.807, 2.05) is 12.2 Å². The Balaban J connectivity index is 2.32. The van der Waals surface area contributed by atoms with Gasteiger partial charge in [0.1, 0.15) is 5.41 Å². The van der Waals surface area contributed by atoms with Crippen LogP contribution in [-0.4, -0.2) is 16.9 Å². The van der Waals surface area contributed by atoms with Crippen molar-refractivity contribution in [3.05, 3.63) is 12.2 Å². The normalized spacial score (nSPS) is 24.7. The molecule has 0 atom stereocenters. The van der Waals surface area contributed by atoms with E-state index in [1.165, 1.54) is 0 Å². The maximum atomic E-state index is 11.7. The van der Waals surface area contributed by atoms with Crippen LogP contribution in [0.4, 0.5) is 0 Å². The molecule has 2 amide bonds. The van der Waals surface area contributed by atoms with Crippen LogP contribution in [0.25, 0.3) is 0 Å². The van der Waals surface area contributed by atoms with Gasteiger partial charge in [-0.25, -0.2) is 0 Å². The number of thiocarbonyl (C=S) groups is 1. The molecule has 0 radical (unpaired) electrons. The number of carbonyl (C=O) groups excluding carboxylic acids is 2. The molecule has 1 aliphatic heterocycles. The zero-order chi connectivity index (χ0) is 10.2. The van der Waals surface area contributed by atoms with Crippen LogP contribution in [0.1, 0.15) is 19.3 Å². The number of carbonyl (C=O) groups is 2. The highest BCUT2D eigenvalue weighted by Crippen LogP contribution is 2.34. The number of amides is 2. The van der Waals surface area contributed by atoms with Crippen molar-refractivity contribution in [2.45, 2.75) is 19.3 Å². The van der Waals surface area contributed by atoms with Crippen LogP contribution in [0.5, 0.6) is 0 Å². The van der Waals surface area contributed by atoms with E-state index < -0.39 is 5.41 Å². The van der Waals surface area contributed by atoms with E-state index in [0.29, 0.717) is 12.8 Å². The molecule has 0 aromatic rings. The molecule has 14 heavy (non-hydrogen) atoms. The first-order chi connectivity index (χ1) is 6.65. The van der Waals surface area contributed by atoms with Gasteiger partial charge in [0.15, 0.2) is 5.11 Å². The lowest BCUT2D eigenvalue weighted by Gasteiger charge is -2.35. The molecule has 2 N–H and O–H groups in total. The van der Waals surface area contributed by atoms with E-state index in [-0.39, 0.29) is 16.9 Å². The average molecular weight is 210 g/mol. The summed E-state index contributed by atoms with van der Waals surface area (Å²) < 4.78 is 0. The Labute approximate surface area is 86.7 Å². The van der Waals surface area contributed by atoms with Crippen LogP contribution in [-0.2, 0) is 9.59 Å². The number of rotatable bonds is 0. The van der Waals surface area contributed by atoms with Crippen LogP contribution in [0, 0.1) is 5.41 Å². The van der Waals surface area contributed by atoms with Crippen LogP contribution >= 0.6 is 12.2 Å². The van der Waals surface area contributed by atoms with E-state index in [0.717, 1.165) is 6.42 Å². The Morgan fingerprint density at radius 1 is 1.21 bits per heavy atom. The van der Waals surface area contributed by atoms with Gasteiger partial charge >= 0.3 is 0 Å². The first-order valence-corrected chi connectivity index (χ1v) is 4.88. The summed E-state index contributed by atoms with van der Waals surface area (Å²) in [7, 11) is 0. The van der Waals surface area contributed by atoms with Gasteiger partial charge in [-0.3, -0.25) is 9.59 Å². The topological polar surface area (TPSA) is 58.2 Å². The van der Waals surface area contributed by atoms with Crippen LogP contribution in [0.2, 0.25) is 0 Å². The molecule has 0 aromatic heterocycles. The maximum Gasteiger partial charge on any atom is 0.242 e. The molecule has 0 saturated carbocycles. The number of hydrogen-bond donors (Lipinski definition) is 2. The number of nitrogens with one attached hydrogen (secondary N) is 2. The molecule has 1 saturated heterocycles. The molecule has 0 bridgehead atoms. The van der Waals surface area contributed by atoms with Crippen molar-refractivity contribution in [2.75, 3.05) is 0 Å². The van der Waals surface area contributed by atoms with E-state index >= 15 is 0 Å². The third kappa shape index (κ3) is 1.24. The fraction of sp³-hybridized carbons (Fsp3) is 0.444. The van der Waals surface area contributed by atoms with Crippen molar-refractivity contribution in [3.63, 3.8) is 0 Å². The molecule has 1 fully saturated rings. The quantitative estimate of drug-likeness (QED) is 0.342. The third-order valence-electron chi connectivity index (χ3n) is 2.69. The second-order valence-electron chi connectivity index (χ2n) is 3.53. The number of allylic oxidation sites excluding steroid dienone is 2. The minimum absolute atomic E-state index is 0.111. The molecule has 4 nitrogen and oxygen atoms in total. The third-order valence-corrected chi connectivity index (χ3v) is 2.90. The predicted octanol–water partition coefficient (Wildman–Crippen LogP) is 0.244. The molecule has 74 valence electrons. The minimum atomic E-state index is -0.920. The molecule has 1 heterocycles. The van der Waals surface area contributed by atoms with E-state index in [4.69, 9.17) is 12.2 Å². The van der Waals surface area contributed by atoms with Crippen LogP contribution < -0.4 is 10.6 Å². The average Bonchev–Trinajstić information content (AvgIpc) is 2.16. The second-order valence-corrected chi connectivity index (χ2v) is 3.94. The highest BCUT2D eigenvalue weighted by Gasteiger charge is 2.48. The predicted molar refractivity (Wildman–Crippen MR) is 54.3 cm³/mol. The molecule has 1 aliphatic carbocycles. The molecule has 2 rings (SSSR count). The van der Waals surface area contributed by atoms with Crippen molar-refractivity contribution in [2.24, 2.45) is 5.41 Å². The van der Waals surface area contributed by atoms with Gasteiger partial charge in [-0.15, -0.1) is 0 Å². The minimum Gasteiger partial charge on any atom is -0.302 e. The lowest BCUT2D eigenvalue weighted by molar-refractivity contribution is -0.144. The van der Waals surface area contributed by atoms with Gasteiger partial charge in [-0.2, -0.15) is 0 Å². The van der Waals surface area contributed by atoms with Crippen molar-refractivity contribution >= 4 is 29.1 Å². The van der Waals surface area contributed by atoms with Crippen molar-refractivity contribution in [3.8, 4) is 0 Å². The summed E-state index contributed by atoms with van der Waals surface area (Å²) in [5.74, 6) is -0.536. The van der Waals surface area contributed by atoms with Crippen molar-refractivity contribution in [1.82, 2.24) is 10.6 Å². The van der Waals surface area contributed by atoms with Crippen LogP contribution in [0.15, 0.2) is 12.2 Å². The summed E-state index contributed by atoms with van der Waals surface area (Å²) in [6, 6.07) is 0. The largest absolute Gasteiger partial charge is 0.302 e. The highest BCUT2D eigenvalue weighted by molar-refractivity contribution is 7.80. The van der Waals surface area contributed by atoms with Gasteiger partial charge in [0.2, 0.25) is 11.8 Å². The monoisotopic (exact) mass is 210 g/mol. The van der Waals surface area contributed by atoms with Gasteiger partial charge in [0, 0.05) is 0 Å². The summed E-state index contributed by atoms with van der Waals surface area (Å²) in [4.78, 5) is 23.4. The molecule has 0 unspecified atom stereocenters. The summed E-state index contributed by atoms with van der Waals surface area (Å²) in [5, 5.41) is 5.11. The van der Waals surface area contributed by atoms with Crippen LogP contribution in [0.3, 0.4) is 0 Å². The van der Waals surface area contributed by atoms with Gasteiger partial charge in [0.05, 0.1) is 0 Å². The Morgan fingerprint density at radius 2 is 1.86 bits per heavy atom. The molecule has 5 heteroatoms. The smallest absolute Gasteiger partial charge is 0.242 e. The van der Waals surface area contributed by atoms with E-state index in [9.17, 15) is 9.59 Å². The van der Waals surface area contributed by atoms with Gasteiger partial charge in [-0.05, 0) is 31.5 Å². The molecule has 0 aromatic carbocycles. The standard InChI is InChI=1S/C9H10N2O2S/c12-6-9(4-2-1-3-5-9)7(13)11-8(14)10-6/h1-2H,3-5H2,(H2,10,11,12,13,14). The maximum absolute atomic E-state index is 11.7. The fourth-order valence-electron chi connectivity index (χ4n) is 1.83. The fourth-order valence-corrected chi connectivity index (χ4v) is 2.01. The van der Waals surface area contributed by atoms with Crippen molar-refractivity contribution in [1.29, 1.82) is 0 Å². The SMILES string of the molecule is O=C1NC(=S)NC(=O)C12CC=CCC2. The zero-order valence-electron chi connectivity index (χ0n) is 7.50. The molecular formula is C9H10N2O2S. The lowest BCUT2D eigenvalue weighted by atomic mass is 9.74. The molecule has 2 aliphatic rings. The van der Waals surface area contributed by atoms with Crippen molar-refractivity contribution < 1.29 is 9.59 Å². The summed E-state index contributed by atoms with van der Waals surface area (Å²) in [5.41, 5.74) is -0.920. The van der Waals surface area contributed by atoms with Gasteiger partial charge in [0.25, 0.3) is 0 Å². The Kier molecular flexibility index (Phi) is 2.11. The molecular weight excluding hydrogens is 200 g/mol.